The van der Waals surface area contributed by atoms with Gasteiger partial charge in [-0.2, -0.15) is 0 Å². The van der Waals surface area contributed by atoms with Crippen LogP contribution in [0.1, 0.15) is 11.6 Å². The second kappa shape index (κ2) is 7.98. The van der Waals surface area contributed by atoms with Gasteiger partial charge in [0.1, 0.15) is 0 Å². The number of halogens is 2. The van der Waals surface area contributed by atoms with Crippen LogP contribution < -0.4 is 0 Å². The first-order valence-electron chi connectivity index (χ1n) is 4.91. The van der Waals surface area contributed by atoms with Crippen LogP contribution in [0.25, 0.3) is 0 Å². The molecule has 1 aromatic rings. The van der Waals surface area contributed by atoms with Crippen LogP contribution in [-0.2, 0) is 26.9 Å². The molecule has 0 radical (unpaired) electrons. The van der Waals surface area contributed by atoms with Crippen LogP contribution in [0.2, 0.25) is 0 Å². The van der Waals surface area contributed by atoms with E-state index in [4.69, 9.17) is 34.6 Å². The number of benzene rings is 1. The third-order valence-electron chi connectivity index (χ3n) is 2.45. The van der Waals surface area contributed by atoms with Gasteiger partial charge >= 0.3 is 39.0 Å². The molecular formula is C11H13Cl2NNiO3. The summed E-state index contributed by atoms with van der Waals surface area (Å²) in [5, 5.41) is 0. The Bertz CT molecular complexity index is 374. The molecule has 7 heteroatoms. The van der Waals surface area contributed by atoms with Crippen molar-refractivity contribution >= 4 is 26.8 Å². The molecule has 0 saturated carbocycles. The summed E-state index contributed by atoms with van der Waals surface area (Å²) in [5.41, 5.74) is 0.995. The fourth-order valence-corrected chi connectivity index (χ4v) is 1.65. The molecule has 1 atom stereocenters. The predicted molar refractivity (Wildman–Crippen MR) is 67.2 cm³/mol. The van der Waals surface area contributed by atoms with E-state index in [2.05, 4.69) is 4.99 Å². The summed E-state index contributed by atoms with van der Waals surface area (Å²) < 4.78 is 15.8. The van der Waals surface area contributed by atoms with Gasteiger partial charge in [-0.25, -0.2) is 4.99 Å². The monoisotopic (exact) mass is 335 g/mol. The Labute approximate surface area is 121 Å². The number of rotatable bonds is 3. The molecule has 2 rings (SSSR count). The standard InChI is InChI=1S/C11H13NO3.2ClH.Ni/c1-13-11(14-2)10(12-8-15-11)9-6-4-3-5-7-9;;;/h3-8,10H,1-2H3;2*1H;/q;;;+2/p-2/t10-;;;/m1.../s1. The number of hydrogen-bond donors (Lipinski definition) is 0. The third-order valence-corrected chi connectivity index (χ3v) is 2.45. The third kappa shape index (κ3) is 3.59. The quantitative estimate of drug-likeness (QED) is 0.629. The zero-order valence-electron chi connectivity index (χ0n) is 9.79. The number of aliphatic imine (C=N–C) groups is 1. The zero-order chi connectivity index (χ0) is 13.4. The van der Waals surface area contributed by atoms with Crippen LogP contribution in [0.3, 0.4) is 0 Å². The Hall–Kier alpha value is -0.316. The van der Waals surface area contributed by atoms with E-state index >= 15 is 0 Å². The second-order valence-corrected chi connectivity index (χ2v) is 4.87. The molecule has 0 aliphatic carbocycles. The van der Waals surface area contributed by atoms with Crippen LogP contribution in [0.4, 0.5) is 0 Å². The molecule has 0 unspecified atom stereocenters. The van der Waals surface area contributed by atoms with E-state index in [-0.39, 0.29) is 6.04 Å². The molecule has 0 spiro atoms. The fourth-order valence-electron chi connectivity index (χ4n) is 1.65. The van der Waals surface area contributed by atoms with Crippen LogP contribution in [0.5, 0.6) is 0 Å². The fraction of sp³-hybridized carbons (Fsp3) is 0.364. The molecule has 0 amide bonds. The molecule has 4 nitrogen and oxygen atoms in total. The van der Waals surface area contributed by atoms with Gasteiger partial charge in [0.25, 0.3) is 0 Å². The van der Waals surface area contributed by atoms with E-state index in [1.165, 1.54) is 20.6 Å². The first-order valence-corrected chi connectivity index (χ1v) is 7.63. The first-order chi connectivity index (χ1) is 8.74. The number of ether oxygens (including phenoxy) is 3. The van der Waals surface area contributed by atoms with Crippen molar-refractivity contribution in [3.8, 4) is 0 Å². The topological polar surface area (TPSA) is 40.0 Å². The summed E-state index contributed by atoms with van der Waals surface area (Å²) in [6, 6.07) is 9.48. The molecule has 1 aromatic carbocycles. The molecule has 18 heavy (non-hydrogen) atoms. The Morgan fingerprint density at radius 3 is 2.28 bits per heavy atom. The van der Waals surface area contributed by atoms with E-state index in [1.54, 1.807) is 0 Å². The minimum atomic E-state index is -1.12. The molecular weight excluding hydrogens is 324 g/mol. The Morgan fingerprint density at radius 2 is 1.78 bits per heavy atom. The second-order valence-electron chi connectivity index (χ2n) is 3.24. The van der Waals surface area contributed by atoms with E-state index < -0.39 is 5.97 Å². The van der Waals surface area contributed by atoms with E-state index in [0.29, 0.717) is 12.7 Å². The van der Waals surface area contributed by atoms with Gasteiger partial charge in [0.2, 0.25) is 0 Å². The number of nitrogens with zero attached hydrogens (tertiary/aromatic N) is 1. The molecule has 0 saturated heterocycles. The summed E-state index contributed by atoms with van der Waals surface area (Å²) in [7, 11) is 12.5. The van der Waals surface area contributed by atoms with Gasteiger partial charge in [0.15, 0.2) is 12.4 Å². The van der Waals surface area contributed by atoms with Crippen LogP contribution in [-0.4, -0.2) is 26.6 Å². The van der Waals surface area contributed by atoms with Gasteiger partial charge in [0.05, 0.1) is 0 Å². The molecule has 1 aliphatic heterocycles. The Balaban J connectivity index is 0.000000492. The summed E-state index contributed by atoms with van der Waals surface area (Å²) >= 11 is 0.569. The van der Waals surface area contributed by atoms with Gasteiger partial charge in [0, 0.05) is 14.2 Å². The molecule has 1 aliphatic rings. The predicted octanol–water partition coefficient (Wildman–Crippen LogP) is 3.11. The summed E-state index contributed by atoms with van der Waals surface area (Å²) in [4.78, 5) is 4.20. The van der Waals surface area contributed by atoms with Crippen molar-refractivity contribution in [3.05, 3.63) is 35.9 Å². The summed E-state index contributed by atoms with van der Waals surface area (Å²) in [5.74, 6) is -1.12. The molecule has 104 valence electrons. The van der Waals surface area contributed by atoms with Gasteiger partial charge in [-0.3, -0.25) is 0 Å². The van der Waals surface area contributed by atoms with Crippen molar-refractivity contribution < 1.29 is 26.9 Å². The molecule has 0 N–H and O–H groups in total. The zero-order valence-corrected chi connectivity index (χ0v) is 12.3. The van der Waals surface area contributed by atoms with Crippen molar-refractivity contribution in [1.82, 2.24) is 0 Å². The van der Waals surface area contributed by atoms with Crippen molar-refractivity contribution in [1.29, 1.82) is 0 Å². The maximum atomic E-state index is 5.27. The Morgan fingerprint density at radius 1 is 1.22 bits per heavy atom. The average Bonchev–Trinajstić information content (AvgIpc) is 2.85. The van der Waals surface area contributed by atoms with Gasteiger partial charge in [-0.05, 0) is 5.56 Å². The van der Waals surface area contributed by atoms with E-state index in [0.717, 1.165) is 5.56 Å². The van der Waals surface area contributed by atoms with Gasteiger partial charge in [-0.1, -0.05) is 30.3 Å². The van der Waals surface area contributed by atoms with E-state index in [1.807, 2.05) is 30.3 Å². The van der Waals surface area contributed by atoms with Crippen LogP contribution in [0.15, 0.2) is 35.3 Å². The Kier molecular flexibility index (Phi) is 6.97. The van der Waals surface area contributed by atoms with Gasteiger partial charge < -0.3 is 14.2 Å². The molecule has 1 heterocycles. The molecule has 0 fully saturated rings. The van der Waals surface area contributed by atoms with Gasteiger partial charge in [-0.15, -0.1) is 0 Å². The van der Waals surface area contributed by atoms with E-state index in [9.17, 15) is 0 Å². The molecule has 0 aromatic heterocycles. The normalized spacial score (nSPS) is 20.1. The first kappa shape index (κ1) is 15.7. The van der Waals surface area contributed by atoms with Crippen molar-refractivity contribution in [3.63, 3.8) is 0 Å². The van der Waals surface area contributed by atoms with Crippen molar-refractivity contribution in [2.24, 2.45) is 4.99 Å². The maximum absolute atomic E-state index is 5.27. The number of methoxy groups -OCH3 is 2. The minimum absolute atomic E-state index is 0.284. The van der Waals surface area contributed by atoms with Crippen molar-refractivity contribution in [2.75, 3.05) is 14.2 Å². The van der Waals surface area contributed by atoms with Crippen LogP contribution >= 0.6 is 20.4 Å². The number of hydrogen-bond acceptors (Lipinski definition) is 4. The summed E-state index contributed by atoms with van der Waals surface area (Å²) in [6.45, 7) is 0. The SMILES string of the molecule is COC1(OC)OC=N[C@@H]1c1ccccc1.[Cl][Ni][Cl]. The molecule has 0 bridgehead atoms. The average molecular weight is 337 g/mol. The summed E-state index contributed by atoms with van der Waals surface area (Å²) in [6.07, 6.45) is 1.37. The van der Waals surface area contributed by atoms with Crippen LogP contribution in [0, 0.1) is 0 Å². The van der Waals surface area contributed by atoms with Crippen molar-refractivity contribution in [2.45, 2.75) is 12.0 Å².